The summed E-state index contributed by atoms with van der Waals surface area (Å²) in [5.41, 5.74) is 0.678. The molecule has 1 aromatic carbocycles. The lowest BCUT2D eigenvalue weighted by atomic mass is 10.1. The molecule has 1 aliphatic rings. The molecule has 2 rings (SSSR count). The molecule has 3 nitrogen and oxygen atoms in total. The van der Waals surface area contributed by atoms with Crippen LogP contribution < -0.4 is 0 Å². The van der Waals surface area contributed by atoms with E-state index in [2.05, 4.69) is 4.90 Å². The second-order valence-electron chi connectivity index (χ2n) is 4.32. The fourth-order valence-corrected chi connectivity index (χ4v) is 2.06. The van der Waals surface area contributed by atoms with Gasteiger partial charge in [-0.25, -0.2) is 4.39 Å². The van der Waals surface area contributed by atoms with Gasteiger partial charge in [-0.1, -0.05) is 12.1 Å². The van der Waals surface area contributed by atoms with Gasteiger partial charge in [0.25, 0.3) is 0 Å². The van der Waals surface area contributed by atoms with Crippen LogP contribution in [-0.4, -0.2) is 31.2 Å². The van der Waals surface area contributed by atoms with Gasteiger partial charge in [-0.2, -0.15) is 5.26 Å². The molecule has 1 atom stereocenters. The van der Waals surface area contributed by atoms with Gasteiger partial charge in [-0.05, 0) is 19.5 Å². The maximum Gasteiger partial charge on any atom is 0.145 e. The zero-order valence-corrected chi connectivity index (χ0v) is 9.82. The summed E-state index contributed by atoms with van der Waals surface area (Å²) in [5, 5.41) is 8.76. The van der Waals surface area contributed by atoms with Gasteiger partial charge >= 0.3 is 0 Å². The van der Waals surface area contributed by atoms with Crippen molar-refractivity contribution in [3.63, 3.8) is 0 Å². The van der Waals surface area contributed by atoms with Crippen molar-refractivity contribution in [3.05, 3.63) is 35.1 Å². The zero-order chi connectivity index (χ0) is 12.3. The van der Waals surface area contributed by atoms with Crippen molar-refractivity contribution in [2.75, 3.05) is 20.3 Å². The van der Waals surface area contributed by atoms with E-state index in [-0.39, 0.29) is 5.56 Å². The lowest BCUT2D eigenvalue weighted by Crippen LogP contribution is -2.31. The Morgan fingerprint density at radius 2 is 2.41 bits per heavy atom. The molecule has 0 bridgehead atoms. The lowest BCUT2D eigenvalue weighted by Gasteiger charge is -2.23. The number of rotatable bonds is 3. The fourth-order valence-electron chi connectivity index (χ4n) is 2.06. The molecule has 0 aromatic heterocycles. The van der Waals surface area contributed by atoms with Gasteiger partial charge in [0.05, 0.1) is 12.2 Å². The number of hydrogen-bond donors (Lipinski definition) is 0. The van der Waals surface area contributed by atoms with Crippen LogP contribution in [0, 0.1) is 17.1 Å². The predicted octanol–water partition coefficient (Wildman–Crippen LogP) is 1.92. The van der Waals surface area contributed by atoms with Crippen LogP contribution in [0.25, 0.3) is 0 Å². The first-order valence-electron chi connectivity index (χ1n) is 5.68. The van der Waals surface area contributed by atoms with E-state index in [9.17, 15) is 4.39 Å². The summed E-state index contributed by atoms with van der Waals surface area (Å²) in [6.45, 7) is 1.99. The van der Waals surface area contributed by atoms with E-state index in [1.807, 2.05) is 13.1 Å². The molecule has 0 radical (unpaired) electrons. The summed E-state index contributed by atoms with van der Waals surface area (Å²) in [6, 6.07) is 7.15. The molecule has 1 unspecified atom stereocenters. The number of halogens is 1. The van der Waals surface area contributed by atoms with E-state index >= 15 is 0 Å². The molecule has 0 amide bonds. The highest BCUT2D eigenvalue weighted by molar-refractivity contribution is 5.34. The molecule has 4 heteroatoms. The van der Waals surface area contributed by atoms with Crippen LogP contribution in [0.4, 0.5) is 4.39 Å². The van der Waals surface area contributed by atoms with Crippen molar-refractivity contribution in [3.8, 4) is 6.07 Å². The summed E-state index contributed by atoms with van der Waals surface area (Å²) in [4.78, 5) is 2.08. The molecule has 17 heavy (non-hydrogen) atoms. The number of hydrogen-bond acceptors (Lipinski definition) is 3. The molecule has 90 valence electrons. The third-order valence-electron chi connectivity index (χ3n) is 3.15. The van der Waals surface area contributed by atoms with Crippen LogP contribution in [0.1, 0.15) is 17.5 Å². The number of nitrogens with zero attached hydrogens (tertiary/aromatic N) is 2. The van der Waals surface area contributed by atoms with Crippen molar-refractivity contribution < 1.29 is 9.13 Å². The Hall–Kier alpha value is -1.44. The molecule has 1 saturated heterocycles. The van der Waals surface area contributed by atoms with Crippen molar-refractivity contribution in [2.24, 2.45) is 0 Å². The van der Waals surface area contributed by atoms with Crippen molar-refractivity contribution in [1.29, 1.82) is 5.26 Å². The summed E-state index contributed by atoms with van der Waals surface area (Å²) in [6.07, 6.45) is 0.982. The van der Waals surface area contributed by atoms with Gasteiger partial charge in [0.15, 0.2) is 0 Å². The Balaban J connectivity index is 2.10. The van der Waals surface area contributed by atoms with Crippen LogP contribution in [-0.2, 0) is 11.3 Å². The Labute approximate surface area is 100 Å². The summed E-state index contributed by atoms with van der Waals surface area (Å²) in [5.74, 6) is -0.402. The third-order valence-corrected chi connectivity index (χ3v) is 3.15. The van der Waals surface area contributed by atoms with Gasteiger partial charge in [0, 0.05) is 24.8 Å². The monoisotopic (exact) mass is 234 g/mol. The van der Waals surface area contributed by atoms with Crippen LogP contribution in [0.3, 0.4) is 0 Å². The molecule has 0 aliphatic carbocycles. The highest BCUT2D eigenvalue weighted by Gasteiger charge is 2.21. The molecule has 0 saturated carbocycles. The minimum Gasteiger partial charge on any atom is -0.380 e. The minimum atomic E-state index is -0.402. The second kappa shape index (κ2) is 5.26. The first-order chi connectivity index (χ1) is 8.22. The normalized spacial score (nSPS) is 19.5. The summed E-state index contributed by atoms with van der Waals surface area (Å²) < 4.78 is 19.1. The second-order valence-corrected chi connectivity index (χ2v) is 4.32. The molecule has 1 aromatic rings. The topological polar surface area (TPSA) is 36.3 Å². The standard InChI is InChI=1S/C13H15FN2O/c1-16(12-5-6-17-9-12)8-11-4-2-3-10(7-15)13(11)14/h2-4,12H,5-6,8-9H2,1H3. The molecule has 0 spiro atoms. The lowest BCUT2D eigenvalue weighted by molar-refractivity contribution is 0.155. The van der Waals surface area contributed by atoms with Gasteiger partial charge < -0.3 is 4.74 Å². The van der Waals surface area contributed by atoms with Gasteiger partial charge in [-0.15, -0.1) is 0 Å². The quantitative estimate of drug-likeness (QED) is 0.801. The third kappa shape index (κ3) is 2.63. The summed E-state index contributed by atoms with van der Waals surface area (Å²) >= 11 is 0. The maximum absolute atomic E-state index is 13.8. The minimum absolute atomic E-state index is 0.110. The van der Waals surface area contributed by atoms with E-state index in [4.69, 9.17) is 10.00 Å². The van der Waals surface area contributed by atoms with E-state index in [0.717, 1.165) is 13.0 Å². The van der Waals surface area contributed by atoms with Crippen LogP contribution in [0.5, 0.6) is 0 Å². The van der Waals surface area contributed by atoms with E-state index in [1.54, 1.807) is 12.1 Å². The van der Waals surface area contributed by atoms with Crippen molar-refractivity contribution in [2.45, 2.75) is 19.0 Å². The summed E-state index contributed by atoms with van der Waals surface area (Å²) in [7, 11) is 1.96. The first kappa shape index (κ1) is 12.0. The fraction of sp³-hybridized carbons (Fsp3) is 0.462. The molecular weight excluding hydrogens is 219 g/mol. The SMILES string of the molecule is CN(Cc1cccc(C#N)c1F)C1CCOC1. The van der Waals surface area contributed by atoms with Gasteiger partial charge in [0.1, 0.15) is 11.9 Å². The average molecular weight is 234 g/mol. The molecule has 1 aliphatic heterocycles. The number of nitriles is 1. The Bertz CT molecular complexity index is 436. The van der Waals surface area contributed by atoms with E-state index in [0.29, 0.717) is 24.8 Å². The van der Waals surface area contributed by atoms with Crippen LogP contribution in [0.2, 0.25) is 0 Å². The van der Waals surface area contributed by atoms with Crippen LogP contribution >= 0.6 is 0 Å². The molecule has 1 heterocycles. The molecule has 1 fully saturated rings. The van der Waals surface area contributed by atoms with E-state index < -0.39 is 5.82 Å². The van der Waals surface area contributed by atoms with E-state index in [1.165, 1.54) is 6.07 Å². The largest absolute Gasteiger partial charge is 0.380 e. The smallest absolute Gasteiger partial charge is 0.145 e. The predicted molar refractivity (Wildman–Crippen MR) is 61.8 cm³/mol. The highest BCUT2D eigenvalue weighted by Crippen LogP contribution is 2.17. The maximum atomic E-state index is 13.8. The zero-order valence-electron chi connectivity index (χ0n) is 9.82. The van der Waals surface area contributed by atoms with Gasteiger partial charge in [0.2, 0.25) is 0 Å². The van der Waals surface area contributed by atoms with Crippen LogP contribution in [0.15, 0.2) is 18.2 Å². The number of likely N-dealkylation sites (N-methyl/N-ethyl adjacent to an activating group) is 1. The molecular formula is C13H15FN2O. The Morgan fingerprint density at radius 1 is 1.59 bits per heavy atom. The molecule has 0 N–H and O–H groups in total. The Morgan fingerprint density at radius 3 is 3.06 bits per heavy atom. The van der Waals surface area contributed by atoms with Crippen molar-refractivity contribution >= 4 is 0 Å². The first-order valence-corrected chi connectivity index (χ1v) is 5.68. The number of benzene rings is 1. The number of ether oxygens (including phenoxy) is 1. The Kier molecular flexibility index (Phi) is 3.72. The average Bonchev–Trinajstić information content (AvgIpc) is 2.85. The van der Waals surface area contributed by atoms with Crippen molar-refractivity contribution in [1.82, 2.24) is 4.90 Å². The van der Waals surface area contributed by atoms with Gasteiger partial charge in [-0.3, -0.25) is 4.90 Å². The highest BCUT2D eigenvalue weighted by atomic mass is 19.1.